The summed E-state index contributed by atoms with van der Waals surface area (Å²) >= 11 is 0. The van der Waals surface area contributed by atoms with E-state index < -0.39 is 53.4 Å². The van der Waals surface area contributed by atoms with Gasteiger partial charge >= 0.3 is 5.97 Å². The smallest absolute Gasteiger partial charge is 0.306 e. The zero-order valence-electron chi connectivity index (χ0n) is 34.6. The standard InChI is InChI=1S/C40H69N7O9/c1-8-26(17-23(2)3)36(52)45-22-29(48)21-30(25(6)7)38(54)47-16-10-12-32(47)34(50)19-27(11-9-15-44-40(42)43)37(53)46-31(13-14-35(41)51)33(49)20-28(39(55)56)18-24(4)5/h23-28,30-32H,8-22H2,1-7H3,(H2,41,51)(H,45,52)(H,46,53)(H,55,56)(H4,42,43,44). The Balaban J connectivity index is 3.22. The molecule has 1 heterocycles. The third-order valence-corrected chi connectivity index (χ3v) is 10.3. The van der Waals surface area contributed by atoms with E-state index in [-0.39, 0.29) is 105 Å². The predicted molar refractivity (Wildman–Crippen MR) is 213 cm³/mol. The fourth-order valence-electron chi connectivity index (χ4n) is 7.23. The van der Waals surface area contributed by atoms with Crippen molar-refractivity contribution in [3.05, 3.63) is 0 Å². The van der Waals surface area contributed by atoms with Crippen LogP contribution in [-0.4, -0.2) is 94.6 Å². The average Bonchev–Trinajstić information content (AvgIpc) is 3.60. The lowest BCUT2D eigenvalue weighted by molar-refractivity contribution is -0.145. The van der Waals surface area contributed by atoms with Gasteiger partial charge in [-0.3, -0.25) is 43.3 Å². The molecule has 1 fully saturated rings. The van der Waals surface area contributed by atoms with Crippen molar-refractivity contribution in [1.29, 1.82) is 0 Å². The Labute approximate surface area is 332 Å². The van der Waals surface area contributed by atoms with Crippen molar-refractivity contribution < 1.29 is 43.5 Å². The molecule has 4 amide bonds. The predicted octanol–water partition coefficient (Wildman–Crippen LogP) is 2.48. The summed E-state index contributed by atoms with van der Waals surface area (Å²) in [5, 5.41) is 15.1. The van der Waals surface area contributed by atoms with Gasteiger partial charge in [0.25, 0.3) is 0 Å². The normalized spacial score (nSPS) is 16.8. The first-order chi connectivity index (χ1) is 26.2. The van der Waals surface area contributed by atoms with E-state index >= 15 is 0 Å². The summed E-state index contributed by atoms with van der Waals surface area (Å²) < 4.78 is 0. The number of ketones is 3. The number of aliphatic imine (C=N–C) groups is 1. The molecule has 1 rings (SSSR count). The van der Waals surface area contributed by atoms with E-state index in [1.807, 2.05) is 48.5 Å². The van der Waals surface area contributed by atoms with Gasteiger partial charge in [-0.05, 0) is 69.1 Å². The maximum Gasteiger partial charge on any atom is 0.306 e. The molecular weight excluding hydrogens is 722 g/mol. The molecular formula is C40H69N7O9. The Morgan fingerprint density at radius 3 is 1.98 bits per heavy atom. The molecule has 0 saturated carbocycles. The molecule has 0 aliphatic carbocycles. The number of carbonyl (C=O) groups is 8. The summed E-state index contributed by atoms with van der Waals surface area (Å²) in [6, 6.07) is -2.06. The highest BCUT2D eigenvalue weighted by Crippen LogP contribution is 2.28. The third kappa shape index (κ3) is 18.1. The Bertz CT molecular complexity index is 1390. The zero-order valence-corrected chi connectivity index (χ0v) is 34.6. The van der Waals surface area contributed by atoms with E-state index in [0.717, 1.165) is 0 Å². The van der Waals surface area contributed by atoms with Gasteiger partial charge in [-0.1, -0.05) is 48.5 Å². The number of guanidine groups is 1. The number of nitrogens with two attached hydrogens (primary N) is 3. The number of rotatable bonds is 28. The topological polar surface area (TPSA) is 275 Å². The van der Waals surface area contributed by atoms with E-state index in [1.54, 1.807) is 0 Å². The summed E-state index contributed by atoms with van der Waals surface area (Å²) in [7, 11) is 0. The van der Waals surface area contributed by atoms with Gasteiger partial charge in [-0.15, -0.1) is 0 Å². The molecule has 16 nitrogen and oxygen atoms in total. The molecule has 318 valence electrons. The van der Waals surface area contributed by atoms with E-state index in [2.05, 4.69) is 15.6 Å². The number of hydrogen-bond donors (Lipinski definition) is 6. The van der Waals surface area contributed by atoms with E-state index in [0.29, 0.717) is 44.6 Å². The minimum atomic E-state index is -1.22. The number of likely N-dealkylation sites (tertiary alicyclic amines) is 1. The Hall–Kier alpha value is -4.37. The lowest BCUT2D eigenvalue weighted by Gasteiger charge is -2.30. The molecule has 1 aliphatic heterocycles. The Kier molecular flexibility index (Phi) is 22.2. The van der Waals surface area contributed by atoms with Crippen molar-refractivity contribution in [2.75, 3.05) is 19.6 Å². The van der Waals surface area contributed by atoms with Crippen LogP contribution in [0.25, 0.3) is 0 Å². The number of carbonyl (C=O) groups excluding carboxylic acids is 7. The summed E-state index contributed by atoms with van der Waals surface area (Å²) in [4.78, 5) is 110. The van der Waals surface area contributed by atoms with Crippen molar-refractivity contribution in [2.45, 2.75) is 138 Å². The first kappa shape index (κ1) is 49.6. The van der Waals surface area contributed by atoms with Crippen LogP contribution in [0.3, 0.4) is 0 Å². The molecule has 56 heavy (non-hydrogen) atoms. The number of nitrogens with one attached hydrogen (secondary N) is 2. The Morgan fingerprint density at radius 1 is 0.821 bits per heavy atom. The van der Waals surface area contributed by atoms with Gasteiger partial charge in [0, 0.05) is 56.5 Å². The molecule has 1 aliphatic rings. The highest BCUT2D eigenvalue weighted by molar-refractivity contribution is 5.96. The third-order valence-electron chi connectivity index (χ3n) is 10.3. The molecule has 0 aromatic rings. The molecule has 0 aromatic heterocycles. The maximum absolute atomic E-state index is 14.0. The highest BCUT2D eigenvalue weighted by atomic mass is 16.4. The summed E-state index contributed by atoms with van der Waals surface area (Å²) in [6.07, 6.45) is 1.78. The van der Waals surface area contributed by atoms with Gasteiger partial charge in [0.2, 0.25) is 23.6 Å². The number of carboxylic acid groups (broad SMARTS) is 1. The van der Waals surface area contributed by atoms with E-state index in [1.165, 1.54) is 4.90 Å². The number of aliphatic carboxylic acids is 1. The van der Waals surface area contributed by atoms with Gasteiger partial charge in [-0.25, -0.2) is 0 Å². The van der Waals surface area contributed by atoms with E-state index in [9.17, 15) is 43.5 Å². The molecule has 0 aromatic carbocycles. The molecule has 6 unspecified atom stereocenters. The second-order valence-electron chi connectivity index (χ2n) is 16.5. The van der Waals surface area contributed by atoms with Gasteiger partial charge in [0.05, 0.1) is 24.5 Å². The minimum absolute atomic E-state index is 0.0118. The molecule has 9 N–H and O–H groups in total. The molecule has 1 saturated heterocycles. The van der Waals surface area contributed by atoms with Crippen LogP contribution in [-0.2, 0) is 38.4 Å². The average molecular weight is 792 g/mol. The number of Topliss-reactive ketones (excluding diaryl/α,β-unsaturated/α-hetero) is 3. The molecule has 6 atom stereocenters. The maximum atomic E-state index is 14.0. The van der Waals surface area contributed by atoms with Crippen molar-refractivity contribution in [2.24, 2.45) is 63.6 Å². The summed E-state index contributed by atoms with van der Waals surface area (Å²) in [6.45, 7) is 13.6. The molecule has 0 radical (unpaired) electrons. The van der Waals surface area contributed by atoms with Crippen LogP contribution < -0.4 is 27.8 Å². The fraction of sp³-hybridized carbons (Fsp3) is 0.775. The van der Waals surface area contributed by atoms with Crippen LogP contribution >= 0.6 is 0 Å². The number of amides is 4. The molecule has 0 bridgehead atoms. The minimum Gasteiger partial charge on any atom is -0.481 e. The SMILES string of the molecule is CCC(CC(C)C)C(=O)NCC(=O)CC(C(=O)N1CCCC1C(=O)CC(CCCN=C(N)N)C(=O)NC(CCC(N)=O)C(=O)CC(CC(C)C)C(=O)O)C(C)C. The van der Waals surface area contributed by atoms with Crippen LogP contribution in [0.1, 0.15) is 126 Å². The summed E-state index contributed by atoms with van der Waals surface area (Å²) in [5.41, 5.74) is 16.3. The second kappa shape index (κ2) is 25.0. The number of primary amides is 1. The highest BCUT2D eigenvalue weighted by Gasteiger charge is 2.40. The first-order valence-electron chi connectivity index (χ1n) is 20.2. The van der Waals surface area contributed by atoms with Crippen molar-refractivity contribution in [3.63, 3.8) is 0 Å². The van der Waals surface area contributed by atoms with Crippen LogP contribution in [0, 0.1) is 41.4 Å². The number of carboxylic acids is 1. The van der Waals surface area contributed by atoms with E-state index in [4.69, 9.17) is 17.2 Å². The monoisotopic (exact) mass is 792 g/mol. The van der Waals surface area contributed by atoms with Crippen LogP contribution in [0.4, 0.5) is 0 Å². The van der Waals surface area contributed by atoms with Gasteiger partial charge in [0.15, 0.2) is 23.3 Å². The van der Waals surface area contributed by atoms with Gasteiger partial charge in [-0.2, -0.15) is 0 Å². The first-order valence-corrected chi connectivity index (χ1v) is 20.2. The van der Waals surface area contributed by atoms with Gasteiger partial charge < -0.3 is 37.8 Å². The van der Waals surface area contributed by atoms with Crippen molar-refractivity contribution in [3.8, 4) is 0 Å². The quantitative estimate of drug-likeness (QED) is 0.0381. The lowest BCUT2D eigenvalue weighted by atomic mass is 9.87. The Morgan fingerprint density at radius 2 is 1.45 bits per heavy atom. The van der Waals surface area contributed by atoms with Crippen LogP contribution in [0.5, 0.6) is 0 Å². The van der Waals surface area contributed by atoms with Crippen molar-refractivity contribution >= 4 is 52.9 Å². The number of hydrogen-bond acceptors (Lipinski definition) is 9. The van der Waals surface area contributed by atoms with Crippen molar-refractivity contribution in [1.82, 2.24) is 15.5 Å². The second-order valence-corrected chi connectivity index (χ2v) is 16.5. The lowest BCUT2D eigenvalue weighted by Crippen LogP contribution is -2.48. The fourth-order valence-corrected chi connectivity index (χ4v) is 7.23. The van der Waals surface area contributed by atoms with Crippen LogP contribution in [0.2, 0.25) is 0 Å². The van der Waals surface area contributed by atoms with Gasteiger partial charge in [0.1, 0.15) is 0 Å². The number of nitrogens with zero attached hydrogens (tertiary/aromatic N) is 2. The zero-order chi connectivity index (χ0) is 42.7. The largest absolute Gasteiger partial charge is 0.481 e. The summed E-state index contributed by atoms with van der Waals surface area (Å²) in [5.74, 6) is -7.25. The molecule has 0 spiro atoms. The van der Waals surface area contributed by atoms with Crippen LogP contribution in [0.15, 0.2) is 4.99 Å². The molecule has 16 heteroatoms.